The summed E-state index contributed by atoms with van der Waals surface area (Å²) in [6.07, 6.45) is 4.80. The Kier molecular flexibility index (Phi) is 14.2. The Morgan fingerprint density at radius 2 is 1.67 bits per heavy atom. The maximum Gasteiger partial charge on any atom is 0.523 e. The van der Waals surface area contributed by atoms with Gasteiger partial charge in [0.2, 0.25) is 0 Å². The van der Waals surface area contributed by atoms with Crippen LogP contribution in [0.25, 0.3) is 0 Å². The Balaban J connectivity index is 0.000000402. The van der Waals surface area contributed by atoms with Gasteiger partial charge in [-0.2, -0.15) is 0 Å². The molecule has 1 heterocycles. The molecule has 0 spiro atoms. The first-order chi connectivity index (χ1) is 17.2. The summed E-state index contributed by atoms with van der Waals surface area (Å²) in [6.45, 7) is 4.08. The summed E-state index contributed by atoms with van der Waals surface area (Å²) in [5, 5.41) is 5.87. The number of methoxy groups -OCH3 is 1. The average molecular weight is 546 g/mol. The van der Waals surface area contributed by atoms with E-state index in [1.165, 1.54) is 21.3 Å². The maximum absolute atomic E-state index is 10.7. The number of nitrogens with one attached hydrogen (secondary N) is 2. The van der Waals surface area contributed by atoms with Gasteiger partial charge in [-0.1, -0.05) is 38.5 Å². The van der Waals surface area contributed by atoms with Gasteiger partial charge >= 0.3 is 23.4 Å². The van der Waals surface area contributed by atoms with Gasteiger partial charge in [-0.05, 0) is 43.9 Å². The van der Waals surface area contributed by atoms with Crippen LogP contribution in [0.3, 0.4) is 0 Å². The fourth-order valence-electron chi connectivity index (χ4n) is 5.23. The van der Waals surface area contributed by atoms with Crippen molar-refractivity contribution in [2.75, 3.05) is 48.0 Å². The number of amides is 2. The molecule has 208 valence electrons. The molecule has 12 heteroatoms. The van der Waals surface area contributed by atoms with Gasteiger partial charge in [-0.15, -0.1) is 0 Å². The van der Waals surface area contributed by atoms with Crippen LogP contribution in [0.5, 0.6) is 0 Å². The van der Waals surface area contributed by atoms with Crippen molar-refractivity contribution < 1.29 is 31.7 Å². The van der Waals surface area contributed by atoms with Crippen molar-refractivity contribution in [2.24, 2.45) is 5.73 Å². The van der Waals surface area contributed by atoms with E-state index < -0.39 is 23.4 Å². The highest BCUT2D eigenvalue weighted by Crippen LogP contribution is 2.44. The average Bonchev–Trinajstić information content (AvgIpc) is 2.91. The topological polar surface area (TPSA) is 123 Å². The predicted molar refractivity (Wildman–Crippen MR) is 146 cm³/mol. The third kappa shape index (κ3) is 7.28. The highest BCUT2D eigenvalue weighted by molar-refractivity contribution is 6.71. The van der Waals surface area contributed by atoms with Crippen LogP contribution in [0, 0.1) is 0 Å². The van der Waals surface area contributed by atoms with Gasteiger partial charge < -0.3 is 43.2 Å². The molecule has 1 aromatic rings. The van der Waals surface area contributed by atoms with Crippen molar-refractivity contribution in [3.63, 3.8) is 0 Å². The number of benzene rings is 1. The molecule has 0 saturated carbocycles. The zero-order valence-electron chi connectivity index (χ0n) is 23.2. The van der Waals surface area contributed by atoms with Gasteiger partial charge in [0.15, 0.2) is 0 Å². The number of carbonyl (C=O) groups excluding carboxylic acids is 1. The summed E-state index contributed by atoms with van der Waals surface area (Å²) < 4.78 is 33.8. The van der Waals surface area contributed by atoms with Gasteiger partial charge in [0.25, 0.3) is 0 Å². The lowest BCUT2D eigenvalue weighted by molar-refractivity contribution is -0.0230. The first-order valence-corrected chi connectivity index (χ1v) is 16.2. The number of carbonyl (C=O) groups is 1. The number of para-hydroxylation sites is 1. The summed E-state index contributed by atoms with van der Waals surface area (Å²) in [6, 6.07) is 10.9. The van der Waals surface area contributed by atoms with Crippen molar-refractivity contribution in [2.45, 2.75) is 68.9 Å². The normalized spacial score (nSPS) is 22.2. The van der Waals surface area contributed by atoms with E-state index >= 15 is 0 Å². The van der Waals surface area contributed by atoms with Crippen molar-refractivity contribution >= 4 is 29.1 Å². The Morgan fingerprint density at radius 1 is 1.08 bits per heavy atom. The van der Waals surface area contributed by atoms with Crippen LogP contribution < -0.4 is 16.4 Å². The van der Waals surface area contributed by atoms with Crippen LogP contribution in [0.4, 0.5) is 10.5 Å². The molecule has 10 nitrogen and oxygen atoms in total. The Morgan fingerprint density at radius 3 is 2.08 bits per heavy atom. The molecular formula is C24H47N3O7Si2. The third-order valence-electron chi connectivity index (χ3n) is 6.97. The van der Waals surface area contributed by atoms with Crippen LogP contribution >= 0.6 is 0 Å². The van der Waals surface area contributed by atoms with Crippen LogP contribution in [0.2, 0.25) is 6.04 Å². The molecule has 3 unspecified atom stereocenters. The molecule has 2 amide bonds. The first-order valence-electron chi connectivity index (χ1n) is 12.4. The molecular weight excluding hydrogens is 498 g/mol. The largest absolute Gasteiger partial charge is 0.523 e. The van der Waals surface area contributed by atoms with E-state index in [1.807, 2.05) is 13.0 Å². The van der Waals surface area contributed by atoms with Gasteiger partial charge in [-0.25, -0.2) is 4.79 Å². The molecule has 36 heavy (non-hydrogen) atoms. The third-order valence-corrected chi connectivity index (χ3v) is 14.5. The summed E-state index contributed by atoms with van der Waals surface area (Å²) in [5.41, 5.74) is 5.84. The molecule has 3 atom stereocenters. The van der Waals surface area contributed by atoms with E-state index in [0.717, 1.165) is 37.4 Å². The van der Waals surface area contributed by atoms with Crippen molar-refractivity contribution in [1.82, 2.24) is 5.32 Å². The van der Waals surface area contributed by atoms with Gasteiger partial charge in [0.1, 0.15) is 5.22 Å². The Bertz CT molecular complexity index is 746. The minimum Gasteiger partial charge on any atom is -0.396 e. The quantitative estimate of drug-likeness (QED) is 0.322. The molecule has 1 aliphatic heterocycles. The lowest BCUT2D eigenvalue weighted by atomic mass is 9.99. The summed E-state index contributed by atoms with van der Waals surface area (Å²) in [7, 11) is 4.59. The summed E-state index contributed by atoms with van der Waals surface area (Å²) in [5.74, 6) is 0. The lowest BCUT2D eigenvalue weighted by Gasteiger charge is -2.52. The fraction of sp³-hybridized carbons (Fsp3) is 0.708. The zero-order chi connectivity index (χ0) is 27.2. The highest BCUT2D eigenvalue weighted by atomic mass is 28.4. The molecule has 1 aromatic carbocycles. The molecule has 1 aliphatic rings. The fourth-order valence-corrected chi connectivity index (χ4v) is 11.5. The molecule has 0 aromatic heterocycles. The molecule has 0 bridgehead atoms. The van der Waals surface area contributed by atoms with Crippen LogP contribution in [-0.4, -0.2) is 83.0 Å². The van der Waals surface area contributed by atoms with E-state index in [2.05, 4.69) is 41.8 Å². The number of nitrogens with two attached hydrogens (primary N) is 1. The number of anilines is 1. The van der Waals surface area contributed by atoms with Gasteiger partial charge in [0.05, 0.1) is 11.7 Å². The standard InChI is InChI=1S/C17H29NO3Si.C7H18N2O4Si/c1-5-13-17(19-2)16(18-15-10-7-6-8-11-15)12-9-14-22(17,20-3)21-4;1-5-6(9-7(8)10)14(11-2,12-3)13-4/h6-8,10-11,16,18H,5,9,12-14H2,1-4H3;6H,5H2,1-4H3,(H3,8,9,10). The second kappa shape index (κ2) is 15.7. The molecule has 2 rings (SSSR count). The minimum atomic E-state index is -2.82. The molecule has 1 fully saturated rings. The van der Waals surface area contributed by atoms with E-state index in [1.54, 1.807) is 21.3 Å². The monoisotopic (exact) mass is 545 g/mol. The van der Waals surface area contributed by atoms with Crippen LogP contribution in [0.15, 0.2) is 30.3 Å². The smallest absolute Gasteiger partial charge is 0.396 e. The van der Waals surface area contributed by atoms with Crippen molar-refractivity contribution in [3.05, 3.63) is 30.3 Å². The number of hydrogen-bond acceptors (Lipinski definition) is 8. The van der Waals surface area contributed by atoms with Crippen LogP contribution in [0.1, 0.15) is 46.0 Å². The van der Waals surface area contributed by atoms with Crippen molar-refractivity contribution in [3.8, 4) is 0 Å². The summed E-state index contributed by atoms with van der Waals surface area (Å²) >= 11 is 0. The Hall–Kier alpha value is -1.52. The molecule has 0 aliphatic carbocycles. The SMILES string of the molecule is CCC(NC(N)=O)[Si](OC)(OC)OC.CCCC1(OC)C(Nc2ccccc2)CCC[Si]1(OC)OC. The van der Waals surface area contributed by atoms with Gasteiger partial charge in [0, 0.05) is 48.3 Å². The molecule has 1 saturated heterocycles. The number of urea groups is 1. The first kappa shape index (κ1) is 32.5. The predicted octanol–water partition coefficient (Wildman–Crippen LogP) is 3.57. The Labute approximate surface area is 219 Å². The van der Waals surface area contributed by atoms with E-state index in [-0.39, 0.29) is 16.9 Å². The maximum atomic E-state index is 10.7. The zero-order valence-corrected chi connectivity index (χ0v) is 25.2. The minimum absolute atomic E-state index is 0.208. The van der Waals surface area contributed by atoms with E-state index in [4.69, 9.17) is 32.6 Å². The second-order valence-corrected chi connectivity index (χ2v) is 15.4. The van der Waals surface area contributed by atoms with Crippen LogP contribution in [-0.2, 0) is 26.9 Å². The second-order valence-electron chi connectivity index (χ2n) is 8.65. The number of ether oxygens (including phenoxy) is 1. The van der Waals surface area contributed by atoms with Crippen molar-refractivity contribution in [1.29, 1.82) is 0 Å². The summed E-state index contributed by atoms with van der Waals surface area (Å²) in [4.78, 5) is 10.7. The molecule has 0 radical (unpaired) electrons. The number of rotatable bonds is 13. The van der Waals surface area contributed by atoms with Gasteiger partial charge in [-0.3, -0.25) is 0 Å². The highest BCUT2D eigenvalue weighted by Gasteiger charge is 2.63. The number of hydrogen-bond donors (Lipinski definition) is 3. The van der Waals surface area contributed by atoms with E-state index in [0.29, 0.717) is 6.42 Å². The molecule has 4 N–H and O–H groups in total. The number of primary amides is 1. The van der Waals surface area contributed by atoms with E-state index in [9.17, 15) is 4.79 Å². The lowest BCUT2D eigenvalue weighted by Crippen LogP contribution is -2.72.